The summed E-state index contributed by atoms with van der Waals surface area (Å²) >= 11 is 0. The fourth-order valence-electron chi connectivity index (χ4n) is 10.5. The fourth-order valence-corrected chi connectivity index (χ4v) is 10.5. The van der Waals surface area contributed by atoms with Crippen molar-refractivity contribution >= 4 is 11.9 Å². The molecule has 0 amide bonds. The minimum Gasteiger partial charge on any atom is -0.493 e. The highest BCUT2D eigenvalue weighted by atomic mass is 19.1. The number of epoxide rings is 2. The van der Waals surface area contributed by atoms with Crippen molar-refractivity contribution in [3.8, 4) is 34.1 Å². The molecule has 2 saturated carbocycles. The second-order valence-electron chi connectivity index (χ2n) is 20.8. The molecular formula is C57H68F2O10. The van der Waals surface area contributed by atoms with Gasteiger partial charge in [-0.05, 0) is 172 Å². The largest absolute Gasteiger partial charge is 0.493 e. The summed E-state index contributed by atoms with van der Waals surface area (Å²) in [5.74, 6) is 0.230. The van der Waals surface area contributed by atoms with Crippen LogP contribution in [0.4, 0.5) is 8.78 Å². The Morgan fingerprint density at radius 1 is 0.565 bits per heavy atom. The minimum atomic E-state index is -0.822. The second-order valence-corrected chi connectivity index (χ2v) is 20.8. The number of benzene rings is 4. The Balaban J connectivity index is 0.696. The number of esters is 2. The Hall–Kier alpha value is -4.88. The van der Waals surface area contributed by atoms with Gasteiger partial charge in [-0.15, -0.1) is 0 Å². The van der Waals surface area contributed by atoms with E-state index >= 15 is 8.78 Å². The molecule has 0 spiro atoms. The number of rotatable bonds is 24. The van der Waals surface area contributed by atoms with Crippen molar-refractivity contribution in [2.75, 3.05) is 39.6 Å². The molecule has 69 heavy (non-hydrogen) atoms. The standard InChI is InChI=1S/C57H68F2O10/c1-35(7-5-23-62-33-37-9-19-51-53(27-37)68-51)21-25-64-39-11-17-45(49(58)31-39)55(60)66-41-13-15-43-44-16-14-42(30-48(44)57(3,4)47(43)29-41)67-56(61)46-18-12-40(32-50(46)59)65-26-22-36(2)8-6-24-63-34-38-10-20-52-54(28-38)69-52/h11-18,29-32,35-38,51-54H,5-10,19-28,33-34H2,1-4H3. The highest BCUT2D eigenvalue weighted by Crippen LogP contribution is 2.51. The number of carbonyl (C=O) groups excluding carboxylic acids is 2. The summed E-state index contributed by atoms with van der Waals surface area (Å²) in [6.45, 7) is 12.4. The summed E-state index contributed by atoms with van der Waals surface area (Å²) in [6.07, 6.45) is 14.6. The summed E-state index contributed by atoms with van der Waals surface area (Å²) in [7, 11) is 0. The van der Waals surface area contributed by atoms with Crippen LogP contribution >= 0.6 is 0 Å². The van der Waals surface area contributed by atoms with Crippen LogP contribution in [0.15, 0.2) is 72.8 Å². The van der Waals surface area contributed by atoms with Crippen LogP contribution in [0.5, 0.6) is 23.0 Å². The van der Waals surface area contributed by atoms with Gasteiger partial charge >= 0.3 is 11.9 Å². The Labute approximate surface area is 405 Å². The lowest BCUT2D eigenvalue weighted by Crippen LogP contribution is -2.18. The SMILES string of the molecule is CC(CCCOCC1CCC2OC2C1)CCOc1ccc(C(=O)Oc2ccc3c(c2)C(C)(C)c2cc(OC(=O)c4ccc(OCCC(C)CCCOCC5CCC6OC6C5)cc4F)ccc2-3)c(F)c1. The van der Waals surface area contributed by atoms with E-state index in [9.17, 15) is 9.59 Å². The number of ether oxygens (including phenoxy) is 8. The van der Waals surface area contributed by atoms with Crippen LogP contribution in [0.2, 0.25) is 0 Å². The molecule has 4 aromatic carbocycles. The van der Waals surface area contributed by atoms with Crippen LogP contribution in [-0.4, -0.2) is 76.0 Å². The van der Waals surface area contributed by atoms with Gasteiger partial charge in [-0.25, -0.2) is 18.4 Å². The van der Waals surface area contributed by atoms with Crippen LogP contribution < -0.4 is 18.9 Å². The second kappa shape index (κ2) is 22.0. The van der Waals surface area contributed by atoms with E-state index in [0.29, 0.717) is 72.8 Å². The Kier molecular flexibility index (Phi) is 15.7. The predicted molar refractivity (Wildman–Crippen MR) is 257 cm³/mol. The Morgan fingerprint density at radius 3 is 1.42 bits per heavy atom. The van der Waals surface area contributed by atoms with Crippen molar-refractivity contribution < 1.29 is 56.3 Å². The molecule has 2 aliphatic heterocycles. The first kappa shape index (κ1) is 49.1. The maximum Gasteiger partial charge on any atom is 0.346 e. The molecule has 10 nitrogen and oxygen atoms in total. The predicted octanol–water partition coefficient (Wildman–Crippen LogP) is 12.2. The third-order valence-electron chi connectivity index (χ3n) is 15.0. The van der Waals surface area contributed by atoms with E-state index in [1.807, 2.05) is 26.0 Å². The van der Waals surface area contributed by atoms with E-state index in [1.54, 1.807) is 36.4 Å². The molecule has 4 fully saturated rings. The summed E-state index contributed by atoms with van der Waals surface area (Å²) in [5, 5.41) is 0. The molecule has 2 saturated heterocycles. The summed E-state index contributed by atoms with van der Waals surface area (Å²) in [5.41, 5.74) is 2.62. The number of fused-ring (bicyclic) bond motifs is 5. The van der Waals surface area contributed by atoms with E-state index in [4.69, 9.17) is 37.9 Å². The average Bonchev–Trinajstić information content (AvgIpc) is 4.26. The van der Waals surface area contributed by atoms with E-state index in [1.165, 1.54) is 49.9 Å². The zero-order chi connectivity index (χ0) is 48.1. The van der Waals surface area contributed by atoms with E-state index in [-0.39, 0.29) is 22.6 Å². The monoisotopic (exact) mass is 950 g/mol. The van der Waals surface area contributed by atoms with E-state index < -0.39 is 29.0 Å². The smallest absolute Gasteiger partial charge is 0.346 e. The number of hydrogen-bond acceptors (Lipinski definition) is 10. The third-order valence-corrected chi connectivity index (χ3v) is 15.0. The van der Waals surface area contributed by atoms with Crippen molar-refractivity contribution in [1.29, 1.82) is 0 Å². The van der Waals surface area contributed by atoms with Crippen LogP contribution in [-0.2, 0) is 24.4 Å². The Bertz CT molecular complexity index is 2270. The fraction of sp³-hybridized carbons (Fsp3) is 0.544. The zero-order valence-electron chi connectivity index (χ0n) is 40.6. The van der Waals surface area contributed by atoms with Crippen molar-refractivity contribution in [1.82, 2.24) is 0 Å². The van der Waals surface area contributed by atoms with Gasteiger partial charge in [0.05, 0.1) is 48.8 Å². The molecule has 0 radical (unpaired) electrons. The molecule has 2 heterocycles. The van der Waals surface area contributed by atoms with Crippen LogP contribution in [0.25, 0.3) is 11.1 Å². The van der Waals surface area contributed by atoms with Crippen LogP contribution in [0.3, 0.4) is 0 Å². The van der Waals surface area contributed by atoms with Crippen molar-refractivity contribution in [2.45, 2.75) is 135 Å². The van der Waals surface area contributed by atoms with Gasteiger partial charge in [0.1, 0.15) is 34.6 Å². The average molecular weight is 951 g/mol. The van der Waals surface area contributed by atoms with Crippen molar-refractivity contribution in [2.24, 2.45) is 23.7 Å². The molecule has 5 aliphatic rings. The van der Waals surface area contributed by atoms with Gasteiger partial charge in [-0.1, -0.05) is 39.8 Å². The maximum absolute atomic E-state index is 15.3. The molecule has 9 rings (SSSR count). The highest BCUT2D eigenvalue weighted by Gasteiger charge is 2.44. The van der Waals surface area contributed by atoms with Gasteiger partial charge in [0.15, 0.2) is 0 Å². The molecule has 8 unspecified atom stereocenters. The third kappa shape index (κ3) is 12.5. The van der Waals surface area contributed by atoms with Gasteiger partial charge in [-0.2, -0.15) is 0 Å². The van der Waals surface area contributed by atoms with Gasteiger partial charge in [0.2, 0.25) is 0 Å². The lowest BCUT2D eigenvalue weighted by molar-refractivity contribution is 0.0719. The zero-order valence-corrected chi connectivity index (χ0v) is 40.6. The first-order valence-electron chi connectivity index (χ1n) is 25.4. The van der Waals surface area contributed by atoms with Gasteiger partial charge in [0, 0.05) is 44.0 Å². The van der Waals surface area contributed by atoms with Crippen molar-refractivity contribution in [3.05, 3.63) is 107 Å². The molecule has 0 aromatic heterocycles. The molecular weight excluding hydrogens is 883 g/mol. The molecule has 0 N–H and O–H groups in total. The molecule has 12 heteroatoms. The molecule has 3 aliphatic carbocycles. The Morgan fingerprint density at radius 2 is 1.00 bits per heavy atom. The van der Waals surface area contributed by atoms with Gasteiger partial charge in [-0.3, -0.25) is 0 Å². The highest BCUT2D eigenvalue weighted by molar-refractivity contribution is 5.93. The number of hydrogen-bond donors (Lipinski definition) is 0. The van der Waals surface area contributed by atoms with E-state index in [2.05, 4.69) is 13.8 Å². The number of carbonyl (C=O) groups is 2. The van der Waals surface area contributed by atoms with Crippen molar-refractivity contribution in [3.63, 3.8) is 0 Å². The van der Waals surface area contributed by atoms with Crippen LogP contribution in [0.1, 0.15) is 137 Å². The first-order chi connectivity index (χ1) is 33.4. The summed E-state index contributed by atoms with van der Waals surface area (Å²) in [6, 6.07) is 19.0. The number of halogens is 2. The quantitative estimate of drug-likeness (QED) is 0.0291. The van der Waals surface area contributed by atoms with Gasteiger partial charge in [0.25, 0.3) is 0 Å². The lowest BCUT2D eigenvalue weighted by atomic mass is 9.82. The van der Waals surface area contributed by atoms with Gasteiger partial charge < -0.3 is 37.9 Å². The van der Waals surface area contributed by atoms with Crippen LogP contribution in [0, 0.1) is 35.3 Å². The maximum atomic E-state index is 15.3. The van der Waals surface area contributed by atoms with E-state index in [0.717, 1.165) is 100 Å². The molecule has 370 valence electrons. The normalized spacial score (nSPS) is 23.4. The summed E-state index contributed by atoms with van der Waals surface area (Å²) in [4.78, 5) is 26.5. The topological polar surface area (TPSA) is 115 Å². The molecule has 4 aromatic rings. The molecule has 8 atom stereocenters. The molecule has 0 bridgehead atoms. The first-order valence-corrected chi connectivity index (χ1v) is 25.4. The summed E-state index contributed by atoms with van der Waals surface area (Å²) < 4.78 is 76.8. The lowest BCUT2D eigenvalue weighted by Gasteiger charge is -2.22. The minimum absolute atomic E-state index is 0.198.